The summed E-state index contributed by atoms with van der Waals surface area (Å²) >= 11 is 0. The molecule has 1 N–H and O–H groups in total. The molecule has 4 atom stereocenters. The Morgan fingerprint density at radius 3 is 2.65 bits per heavy atom. The van der Waals surface area contributed by atoms with Crippen molar-refractivity contribution >= 4 is 11.9 Å². The summed E-state index contributed by atoms with van der Waals surface area (Å²) in [5, 5.41) is 9.33. The van der Waals surface area contributed by atoms with Crippen molar-refractivity contribution in [2.24, 2.45) is 11.8 Å². The number of benzene rings is 1. The zero-order chi connectivity index (χ0) is 16.0. The van der Waals surface area contributed by atoms with E-state index in [2.05, 4.69) is 0 Å². The summed E-state index contributed by atoms with van der Waals surface area (Å²) in [7, 11) is 0. The van der Waals surface area contributed by atoms with Crippen molar-refractivity contribution in [3.63, 3.8) is 0 Å². The highest BCUT2D eigenvalue weighted by molar-refractivity contribution is 5.83. The zero-order valence-corrected chi connectivity index (χ0v) is 12.3. The smallest absolute Gasteiger partial charge is 0.312 e. The lowest BCUT2D eigenvalue weighted by Crippen LogP contribution is -2.39. The lowest BCUT2D eigenvalue weighted by molar-refractivity contribution is -0.159. The fourth-order valence-electron chi connectivity index (χ4n) is 3.57. The standard InChI is InChI=1S/C16H16O7/c17-15(18)13-10-3-4-11(23-10)14(13)16(19)20-6-8-1-2-9-12(5-8)22-7-21-9/h1-2,5,10-11,13-14H,3-4,6-7H2,(H,17,18)/t10-,11+,13-,14+/m0/s1. The number of carbonyl (C=O) groups excluding carboxylic acids is 1. The molecule has 1 aromatic carbocycles. The van der Waals surface area contributed by atoms with Gasteiger partial charge in [-0.1, -0.05) is 6.07 Å². The molecule has 7 nitrogen and oxygen atoms in total. The molecule has 2 fully saturated rings. The molecule has 23 heavy (non-hydrogen) atoms. The third-order valence-corrected chi connectivity index (χ3v) is 4.65. The predicted molar refractivity (Wildman–Crippen MR) is 74.9 cm³/mol. The maximum atomic E-state index is 12.3. The van der Waals surface area contributed by atoms with E-state index in [1.54, 1.807) is 18.2 Å². The highest BCUT2D eigenvalue weighted by Crippen LogP contribution is 2.44. The van der Waals surface area contributed by atoms with Crippen LogP contribution in [0.4, 0.5) is 0 Å². The first-order chi connectivity index (χ1) is 11.1. The van der Waals surface area contributed by atoms with Crippen molar-refractivity contribution in [1.82, 2.24) is 0 Å². The lowest BCUT2D eigenvalue weighted by atomic mass is 9.79. The van der Waals surface area contributed by atoms with Gasteiger partial charge in [0.25, 0.3) is 0 Å². The second kappa shape index (κ2) is 5.42. The first-order valence-electron chi connectivity index (χ1n) is 7.57. The summed E-state index contributed by atoms with van der Waals surface area (Å²) < 4.78 is 21.4. The van der Waals surface area contributed by atoms with Crippen LogP contribution in [-0.4, -0.2) is 36.0 Å². The van der Waals surface area contributed by atoms with Crippen molar-refractivity contribution in [3.8, 4) is 11.5 Å². The van der Waals surface area contributed by atoms with E-state index in [-0.39, 0.29) is 25.6 Å². The number of hydrogen-bond donors (Lipinski definition) is 1. The van der Waals surface area contributed by atoms with Crippen LogP contribution in [0, 0.1) is 11.8 Å². The van der Waals surface area contributed by atoms with Gasteiger partial charge in [-0.15, -0.1) is 0 Å². The molecule has 3 aliphatic rings. The molecule has 0 unspecified atom stereocenters. The molecule has 4 rings (SSSR count). The van der Waals surface area contributed by atoms with E-state index in [0.717, 1.165) is 5.56 Å². The molecule has 3 heterocycles. The molecule has 0 amide bonds. The Morgan fingerprint density at radius 1 is 1.13 bits per heavy atom. The quantitative estimate of drug-likeness (QED) is 0.837. The van der Waals surface area contributed by atoms with Crippen LogP contribution in [0.5, 0.6) is 11.5 Å². The van der Waals surface area contributed by atoms with Crippen LogP contribution in [0.3, 0.4) is 0 Å². The van der Waals surface area contributed by atoms with Crippen LogP contribution >= 0.6 is 0 Å². The molecule has 3 aliphatic heterocycles. The van der Waals surface area contributed by atoms with Gasteiger partial charge in [0, 0.05) is 0 Å². The second-order valence-electron chi connectivity index (χ2n) is 5.98. The topological polar surface area (TPSA) is 91.3 Å². The predicted octanol–water partition coefficient (Wildman–Crippen LogP) is 1.34. The molecule has 122 valence electrons. The molecular formula is C16H16O7. The molecule has 1 aromatic rings. The van der Waals surface area contributed by atoms with Crippen molar-refractivity contribution in [2.75, 3.05) is 6.79 Å². The second-order valence-corrected chi connectivity index (χ2v) is 5.98. The Labute approximate surface area is 132 Å². The minimum atomic E-state index is -0.998. The summed E-state index contributed by atoms with van der Waals surface area (Å²) in [6, 6.07) is 5.29. The van der Waals surface area contributed by atoms with Crippen LogP contribution in [-0.2, 0) is 25.7 Å². The molecular weight excluding hydrogens is 304 g/mol. The Balaban J connectivity index is 1.43. The van der Waals surface area contributed by atoms with Gasteiger partial charge in [0.1, 0.15) is 6.61 Å². The fraction of sp³-hybridized carbons (Fsp3) is 0.500. The Bertz CT molecular complexity index is 656. The average Bonchev–Trinajstić information content (AvgIpc) is 3.25. The molecule has 7 heteroatoms. The number of carboxylic acid groups (broad SMARTS) is 1. The number of fused-ring (bicyclic) bond motifs is 3. The minimum absolute atomic E-state index is 0.0652. The summed E-state index contributed by atoms with van der Waals surface area (Å²) in [5.74, 6) is -1.76. The molecule has 0 aromatic heterocycles. The fourth-order valence-corrected chi connectivity index (χ4v) is 3.57. The highest BCUT2D eigenvalue weighted by Gasteiger charge is 2.56. The highest BCUT2D eigenvalue weighted by atomic mass is 16.7. The van der Waals surface area contributed by atoms with Crippen LogP contribution in [0.2, 0.25) is 0 Å². The molecule has 2 saturated heterocycles. The van der Waals surface area contributed by atoms with Gasteiger partial charge in [0.05, 0.1) is 24.0 Å². The van der Waals surface area contributed by atoms with Gasteiger partial charge in [0.15, 0.2) is 11.5 Å². The van der Waals surface area contributed by atoms with Crippen LogP contribution in [0.15, 0.2) is 18.2 Å². The minimum Gasteiger partial charge on any atom is -0.481 e. The van der Waals surface area contributed by atoms with E-state index in [9.17, 15) is 14.7 Å². The number of aliphatic carboxylic acids is 1. The number of rotatable bonds is 4. The summed E-state index contributed by atoms with van der Waals surface area (Å²) in [6.45, 7) is 0.247. The largest absolute Gasteiger partial charge is 0.481 e. The molecule has 2 bridgehead atoms. The van der Waals surface area contributed by atoms with E-state index >= 15 is 0 Å². The van der Waals surface area contributed by atoms with E-state index in [1.807, 2.05) is 0 Å². The van der Waals surface area contributed by atoms with Gasteiger partial charge in [-0.2, -0.15) is 0 Å². The molecule has 0 radical (unpaired) electrons. The number of ether oxygens (including phenoxy) is 4. The van der Waals surface area contributed by atoms with Gasteiger partial charge in [-0.3, -0.25) is 9.59 Å². The van der Waals surface area contributed by atoms with E-state index in [4.69, 9.17) is 18.9 Å². The number of carbonyl (C=O) groups is 2. The first-order valence-corrected chi connectivity index (χ1v) is 7.57. The Kier molecular flexibility index (Phi) is 3.37. The Hall–Kier alpha value is -2.28. The summed E-state index contributed by atoms with van der Waals surface area (Å²) in [5.41, 5.74) is 0.763. The number of carboxylic acids is 1. The van der Waals surface area contributed by atoms with E-state index < -0.39 is 23.8 Å². The lowest BCUT2D eigenvalue weighted by Gasteiger charge is -2.23. The summed E-state index contributed by atoms with van der Waals surface area (Å²) in [4.78, 5) is 23.7. The SMILES string of the molecule is O=C(O)[C@@H]1[C@H](C(=O)OCc2ccc3c(c2)OCO3)[C@H]2CC[C@@H]1O2. The number of hydrogen-bond acceptors (Lipinski definition) is 6. The van der Waals surface area contributed by atoms with E-state index in [1.165, 1.54) is 0 Å². The van der Waals surface area contributed by atoms with Crippen molar-refractivity contribution in [3.05, 3.63) is 23.8 Å². The summed E-state index contributed by atoms with van der Waals surface area (Å²) in [6.07, 6.45) is 0.678. The molecule has 0 aliphatic carbocycles. The van der Waals surface area contributed by atoms with Gasteiger partial charge >= 0.3 is 11.9 Å². The first kappa shape index (κ1) is 14.3. The van der Waals surface area contributed by atoms with Gasteiger partial charge < -0.3 is 24.1 Å². The van der Waals surface area contributed by atoms with Crippen molar-refractivity contribution in [2.45, 2.75) is 31.7 Å². The van der Waals surface area contributed by atoms with Crippen LogP contribution in [0.1, 0.15) is 18.4 Å². The maximum absolute atomic E-state index is 12.3. The van der Waals surface area contributed by atoms with Crippen LogP contribution in [0.25, 0.3) is 0 Å². The van der Waals surface area contributed by atoms with E-state index in [0.29, 0.717) is 24.3 Å². The van der Waals surface area contributed by atoms with Crippen molar-refractivity contribution in [1.29, 1.82) is 0 Å². The molecule has 0 spiro atoms. The zero-order valence-electron chi connectivity index (χ0n) is 12.3. The average molecular weight is 320 g/mol. The maximum Gasteiger partial charge on any atom is 0.312 e. The third-order valence-electron chi connectivity index (χ3n) is 4.65. The van der Waals surface area contributed by atoms with Crippen molar-refractivity contribution < 1.29 is 33.6 Å². The number of esters is 1. The monoisotopic (exact) mass is 320 g/mol. The van der Waals surface area contributed by atoms with Gasteiger partial charge in [-0.25, -0.2) is 0 Å². The Morgan fingerprint density at radius 2 is 1.87 bits per heavy atom. The normalized spacial score (nSPS) is 30.4. The molecule has 0 saturated carbocycles. The van der Waals surface area contributed by atoms with Gasteiger partial charge in [0.2, 0.25) is 6.79 Å². The van der Waals surface area contributed by atoms with Crippen LogP contribution < -0.4 is 9.47 Å². The third kappa shape index (κ3) is 2.41. The van der Waals surface area contributed by atoms with Gasteiger partial charge in [-0.05, 0) is 30.5 Å².